The molecule has 5 nitrogen and oxygen atoms in total. The van der Waals surface area contributed by atoms with Gasteiger partial charge in [0.1, 0.15) is 5.69 Å². The van der Waals surface area contributed by atoms with E-state index < -0.39 is 17.6 Å². The van der Waals surface area contributed by atoms with Gasteiger partial charge in [0.05, 0.1) is 24.3 Å². The summed E-state index contributed by atoms with van der Waals surface area (Å²) in [5, 5.41) is 6.40. The van der Waals surface area contributed by atoms with E-state index in [0.29, 0.717) is 49.2 Å². The van der Waals surface area contributed by atoms with Gasteiger partial charge in [0, 0.05) is 24.5 Å². The van der Waals surface area contributed by atoms with Gasteiger partial charge in [0.2, 0.25) is 0 Å². The molecule has 1 aromatic carbocycles. The van der Waals surface area contributed by atoms with Crippen molar-refractivity contribution < 1.29 is 22.7 Å². The third kappa shape index (κ3) is 4.49. The number of pyridine rings is 1. The molecule has 4 rings (SSSR count). The molecule has 1 saturated heterocycles. The summed E-state index contributed by atoms with van der Waals surface area (Å²) in [6.07, 6.45) is -0.793. The zero-order chi connectivity index (χ0) is 21.3. The van der Waals surface area contributed by atoms with Gasteiger partial charge >= 0.3 is 6.18 Å². The van der Waals surface area contributed by atoms with E-state index in [2.05, 4.69) is 22.2 Å². The maximum atomic E-state index is 13.8. The molecule has 1 amide bonds. The first kappa shape index (κ1) is 20.8. The number of aromatic nitrogens is 1. The van der Waals surface area contributed by atoms with Crippen molar-refractivity contribution in [3.63, 3.8) is 0 Å². The number of benzene rings is 1. The molecule has 30 heavy (non-hydrogen) atoms. The van der Waals surface area contributed by atoms with E-state index in [4.69, 9.17) is 4.74 Å². The van der Waals surface area contributed by atoms with Crippen molar-refractivity contribution >= 4 is 16.8 Å². The van der Waals surface area contributed by atoms with E-state index in [1.807, 2.05) is 0 Å². The quantitative estimate of drug-likeness (QED) is 0.703. The molecule has 1 aliphatic carbocycles. The minimum Gasteiger partial charge on any atom is -0.378 e. The molecule has 1 aliphatic heterocycles. The standard InChI is InChI=1S/C22H24F3N3O2/c1-2-3-14-10-19(21(29)27-11-16-12-30-7-6-26-16)28-20-17(14)8-15(13-4-5-13)9-18(20)22(23,24)25/h2,8-10,13,16,26H,1,3-7,11-12H2,(H,27,29). The lowest BCUT2D eigenvalue weighted by atomic mass is 9.96. The number of ether oxygens (including phenoxy) is 1. The number of carbonyl (C=O) groups is 1. The van der Waals surface area contributed by atoms with E-state index >= 15 is 0 Å². The van der Waals surface area contributed by atoms with Gasteiger partial charge in [-0.2, -0.15) is 13.2 Å². The lowest BCUT2D eigenvalue weighted by Crippen LogP contribution is -2.48. The second-order valence-corrected chi connectivity index (χ2v) is 7.83. The fraction of sp³-hybridized carbons (Fsp3) is 0.455. The van der Waals surface area contributed by atoms with Crippen LogP contribution in [-0.2, 0) is 17.3 Å². The van der Waals surface area contributed by atoms with Crippen molar-refractivity contribution in [2.75, 3.05) is 26.3 Å². The highest BCUT2D eigenvalue weighted by molar-refractivity contribution is 5.97. The van der Waals surface area contributed by atoms with Crippen molar-refractivity contribution in [2.24, 2.45) is 0 Å². The van der Waals surface area contributed by atoms with Gasteiger partial charge in [-0.1, -0.05) is 6.08 Å². The second kappa shape index (κ2) is 8.35. The molecule has 1 saturated carbocycles. The third-order valence-corrected chi connectivity index (χ3v) is 5.48. The molecule has 1 unspecified atom stereocenters. The van der Waals surface area contributed by atoms with Crippen LogP contribution in [0, 0.1) is 0 Å². The van der Waals surface area contributed by atoms with Crippen LogP contribution < -0.4 is 10.6 Å². The predicted octanol–water partition coefficient (Wildman–Crippen LogP) is 3.58. The Labute approximate surface area is 172 Å². The van der Waals surface area contributed by atoms with E-state index in [1.54, 1.807) is 18.2 Å². The Morgan fingerprint density at radius 3 is 2.77 bits per heavy atom. The average Bonchev–Trinajstić information content (AvgIpc) is 3.57. The topological polar surface area (TPSA) is 63.2 Å². The van der Waals surface area contributed by atoms with Crippen LogP contribution in [0.25, 0.3) is 10.9 Å². The van der Waals surface area contributed by atoms with Crippen molar-refractivity contribution in [1.82, 2.24) is 15.6 Å². The Hall–Kier alpha value is -2.45. The fourth-order valence-corrected chi connectivity index (χ4v) is 3.78. The Balaban J connectivity index is 1.72. The lowest BCUT2D eigenvalue weighted by molar-refractivity contribution is -0.136. The van der Waals surface area contributed by atoms with Crippen LogP contribution in [0.1, 0.15) is 45.9 Å². The van der Waals surface area contributed by atoms with Gasteiger partial charge < -0.3 is 15.4 Å². The number of allylic oxidation sites excluding steroid dienone is 1. The van der Waals surface area contributed by atoms with E-state index in [9.17, 15) is 18.0 Å². The van der Waals surface area contributed by atoms with Crippen LogP contribution in [-0.4, -0.2) is 43.2 Å². The zero-order valence-electron chi connectivity index (χ0n) is 16.5. The number of hydrogen-bond acceptors (Lipinski definition) is 4. The van der Waals surface area contributed by atoms with Crippen molar-refractivity contribution in [1.29, 1.82) is 0 Å². The number of alkyl halides is 3. The lowest BCUT2D eigenvalue weighted by Gasteiger charge is -2.24. The number of halogens is 3. The first-order chi connectivity index (χ1) is 14.4. The van der Waals surface area contributed by atoms with E-state index in [0.717, 1.165) is 12.8 Å². The van der Waals surface area contributed by atoms with Gasteiger partial charge in [-0.15, -0.1) is 6.58 Å². The Morgan fingerprint density at radius 2 is 2.13 bits per heavy atom. The molecule has 2 N–H and O–H groups in total. The van der Waals surface area contributed by atoms with Crippen LogP contribution >= 0.6 is 0 Å². The van der Waals surface area contributed by atoms with Crippen LogP contribution in [0.15, 0.2) is 30.9 Å². The van der Waals surface area contributed by atoms with E-state index in [1.165, 1.54) is 6.07 Å². The molecule has 2 aromatic rings. The molecule has 2 fully saturated rings. The maximum absolute atomic E-state index is 13.8. The number of carbonyl (C=O) groups excluding carboxylic acids is 1. The number of nitrogens with zero attached hydrogens (tertiary/aromatic N) is 1. The van der Waals surface area contributed by atoms with Gasteiger partial charge in [-0.05, 0) is 54.5 Å². The summed E-state index contributed by atoms with van der Waals surface area (Å²) in [4.78, 5) is 16.8. The van der Waals surface area contributed by atoms with Crippen LogP contribution in [0.3, 0.4) is 0 Å². The minimum atomic E-state index is -4.56. The first-order valence-corrected chi connectivity index (χ1v) is 10.1. The van der Waals surface area contributed by atoms with E-state index in [-0.39, 0.29) is 23.2 Å². The number of amides is 1. The summed E-state index contributed by atoms with van der Waals surface area (Å²) in [5.74, 6) is -0.339. The summed E-state index contributed by atoms with van der Waals surface area (Å²) in [6.45, 7) is 5.79. The molecule has 0 radical (unpaired) electrons. The Bertz CT molecular complexity index is 964. The molecular formula is C22H24F3N3O2. The Kier molecular flexibility index (Phi) is 5.79. The molecule has 1 aromatic heterocycles. The summed E-state index contributed by atoms with van der Waals surface area (Å²) >= 11 is 0. The monoisotopic (exact) mass is 419 g/mol. The number of nitrogens with one attached hydrogen (secondary N) is 2. The number of fused-ring (bicyclic) bond motifs is 1. The van der Waals surface area contributed by atoms with Gasteiger partial charge in [0.15, 0.2) is 0 Å². The molecule has 0 bridgehead atoms. The largest absolute Gasteiger partial charge is 0.418 e. The first-order valence-electron chi connectivity index (χ1n) is 10.1. The van der Waals surface area contributed by atoms with Crippen LogP contribution in [0.5, 0.6) is 0 Å². The summed E-state index contributed by atoms with van der Waals surface area (Å²) in [7, 11) is 0. The van der Waals surface area contributed by atoms with Crippen LogP contribution in [0.2, 0.25) is 0 Å². The molecule has 2 heterocycles. The molecule has 0 spiro atoms. The third-order valence-electron chi connectivity index (χ3n) is 5.48. The zero-order valence-corrected chi connectivity index (χ0v) is 16.5. The van der Waals surface area contributed by atoms with Crippen molar-refractivity contribution in [3.05, 3.63) is 53.2 Å². The van der Waals surface area contributed by atoms with Gasteiger partial charge in [-0.25, -0.2) is 4.98 Å². The smallest absolute Gasteiger partial charge is 0.378 e. The van der Waals surface area contributed by atoms with Gasteiger partial charge in [-0.3, -0.25) is 4.79 Å². The van der Waals surface area contributed by atoms with Gasteiger partial charge in [0.25, 0.3) is 5.91 Å². The minimum absolute atomic E-state index is 0.0271. The molecule has 1 atom stereocenters. The molecular weight excluding hydrogens is 395 g/mol. The van der Waals surface area contributed by atoms with Crippen LogP contribution in [0.4, 0.5) is 13.2 Å². The summed E-state index contributed by atoms with van der Waals surface area (Å²) < 4.78 is 46.9. The summed E-state index contributed by atoms with van der Waals surface area (Å²) in [5.41, 5.74) is 0.301. The highest BCUT2D eigenvalue weighted by atomic mass is 19.4. The van der Waals surface area contributed by atoms with Crippen molar-refractivity contribution in [3.8, 4) is 0 Å². The average molecular weight is 419 g/mol. The SMILES string of the molecule is C=CCc1cc(C(=O)NCC2COCCN2)nc2c(C(F)(F)F)cc(C3CC3)cc12. The molecule has 2 aliphatic rings. The normalized spacial score (nSPS) is 19.6. The van der Waals surface area contributed by atoms with Crippen molar-refractivity contribution in [2.45, 2.75) is 37.4 Å². The highest BCUT2D eigenvalue weighted by Crippen LogP contribution is 2.44. The molecule has 160 valence electrons. The summed E-state index contributed by atoms with van der Waals surface area (Å²) in [6, 6.07) is 4.51. The number of morpholine rings is 1. The number of rotatable bonds is 6. The Morgan fingerprint density at radius 1 is 1.33 bits per heavy atom. The number of hydrogen-bond donors (Lipinski definition) is 2. The highest BCUT2D eigenvalue weighted by Gasteiger charge is 2.36. The predicted molar refractivity (Wildman–Crippen MR) is 108 cm³/mol. The fourth-order valence-electron chi connectivity index (χ4n) is 3.78. The molecule has 8 heteroatoms. The maximum Gasteiger partial charge on any atom is 0.418 e. The second-order valence-electron chi connectivity index (χ2n) is 7.83.